The van der Waals surface area contributed by atoms with Gasteiger partial charge in [-0.15, -0.1) is 11.3 Å². The highest BCUT2D eigenvalue weighted by Crippen LogP contribution is 2.45. The minimum Gasteiger partial charge on any atom is -0.308 e. The van der Waals surface area contributed by atoms with Gasteiger partial charge in [-0.3, -0.25) is 0 Å². The van der Waals surface area contributed by atoms with Gasteiger partial charge in [0.2, 0.25) is 0 Å². The lowest BCUT2D eigenvalue weighted by Crippen LogP contribution is -1.87. The number of para-hydroxylation sites is 1. The molecule has 10 rings (SSSR count). The van der Waals surface area contributed by atoms with Crippen molar-refractivity contribution in [2.24, 2.45) is 0 Å². The summed E-state index contributed by atoms with van der Waals surface area (Å²) >= 11 is 1.89. The number of thiophene rings is 1. The summed E-state index contributed by atoms with van der Waals surface area (Å²) in [6, 6.07) is 56.0. The fourth-order valence-corrected chi connectivity index (χ4v) is 8.57. The maximum atomic E-state index is 2.54. The van der Waals surface area contributed by atoms with Crippen LogP contribution >= 0.6 is 11.3 Å². The van der Waals surface area contributed by atoms with Crippen molar-refractivity contribution in [3.63, 3.8) is 0 Å². The van der Waals surface area contributed by atoms with Gasteiger partial charge in [0.1, 0.15) is 0 Å². The van der Waals surface area contributed by atoms with Crippen LogP contribution < -0.4 is 0 Å². The Hall–Kier alpha value is -5.44. The Labute approximate surface area is 257 Å². The predicted octanol–water partition coefficient (Wildman–Crippen LogP) is 12.3. The van der Waals surface area contributed by atoms with Crippen molar-refractivity contribution in [1.82, 2.24) is 4.40 Å². The molecule has 44 heavy (non-hydrogen) atoms. The van der Waals surface area contributed by atoms with Gasteiger partial charge in [-0.1, -0.05) is 115 Å². The molecule has 0 spiro atoms. The molecule has 0 unspecified atom stereocenters. The van der Waals surface area contributed by atoms with Crippen LogP contribution in [0.2, 0.25) is 0 Å². The van der Waals surface area contributed by atoms with E-state index in [1.54, 1.807) is 0 Å². The fraction of sp³-hybridized carbons (Fsp3) is 0. The third-order valence-corrected chi connectivity index (χ3v) is 10.5. The SMILES string of the molecule is c1ccc(-c2ccc(-c3cc4c5ccccc5c5cccc6sc7cccc(c7c65)n5c6ccccc6c(c3)c45)cc2)cc1. The predicted molar refractivity (Wildman–Crippen MR) is 191 cm³/mol. The molecular formula is C42H25NS. The molecule has 0 aliphatic heterocycles. The van der Waals surface area contributed by atoms with E-state index in [1.807, 2.05) is 11.3 Å². The van der Waals surface area contributed by atoms with Crippen molar-refractivity contribution < 1.29 is 0 Å². The first-order valence-corrected chi connectivity index (χ1v) is 15.9. The van der Waals surface area contributed by atoms with Crippen molar-refractivity contribution >= 4 is 80.4 Å². The summed E-state index contributed by atoms with van der Waals surface area (Å²) in [6.45, 7) is 0. The van der Waals surface area contributed by atoms with Gasteiger partial charge < -0.3 is 4.40 Å². The van der Waals surface area contributed by atoms with E-state index in [0.717, 1.165) is 0 Å². The minimum atomic E-state index is 1.22. The van der Waals surface area contributed by atoms with Gasteiger partial charge in [0, 0.05) is 36.3 Å². The van der Waals surface area contributed by atoms with E-state index in [-0.39, 0.29) is 0 Å². The summed E-state index contributed by atoms with van der Waals surface area (Å²) in [4.78, 5) is 0. The zero-order valence-electron chi connectivity index (χ0n) is 23.8. The summed E-state index contributed by atoms with van der Waals surface area (Å²) < 4.78 is 5.19. The van der Waals surface area contributed by atoms with Crippen molar-refractivity contribution in [1.29, 1.82) is 0 Å². The standard InChI is InChI=1S/C42H25NS/c1-2-10-26(11-3-1)27-20-22-28(23-21-27)29-24-34-31-13-5-4-12-30(31)33-15-8-18-38-40(33)41-37(17-9-19-39(41)44-38)43-36-16-7-6-14-32(36)35(25-29)42(34)43/h1-25H. The largest absolute Gasteiger partial charge is 0.308 e. The van der Waals surface area contributed by atoms with E-state index in [4.69, 9.17) is 0 Å². The van der Waals surface area contributed by atoms with E-state index in [9.17, 15) is 0 Å². The first kappa shape index (κ1) is 24.0. The van der Waals surface area contributed by atoms with Gasteiger partial charge in [0.25, 0.3) is 0 Å². The highest BCUT2D eigenvalue weighted by molar-refractivity contribution is 7.26. The second-order valence-electron chi connectivity index (χ2n) is 11.7. The summed E-state index contributed by atoms with van der Waals surface area (Å²) in [5, 5.41) is 10.4. The summed E-state index contributed by atoms with van der Waals surface area (Å²) in [6.07, 6.45) is 0. The summed E-state index contributed by atoms with van der Waals surface area (Å²) in [5.74, 6) is 0. The van der Waals surface area contributed by atoms with E-state index in [0.29, 0.717) is 0 Å². The van der Waals surface area contributed by atoms with E-state index < -0.39 is 0 Å². The molecule has 0 N–H and O–H groups in total. The molecule has 0 amide bonds. The summed E-state index contributed by atoms with van der Waals surface area (Å²) in [5.41, 5.74) is 8.68. The highest BCUT2D eigenvalue weighted by atomic mass is 32.1. The zero-order chi connectivity index (χ0) is 28.8. The molecule has 1 nitrogen and oxygen atoms in total. The van der Waals surface area contributed by atoms with E-state index in [2.05, 4.69) is 156 Å². The topological polar surface area (TPSA) is 4.41 Å². The second kappa shape index (κ2) is 9.03. The molecule has 0 saturated carbocycles. The van der Waals surface area contributed by atoms with Crippen molar-refractivity contribution in [3.8, 4) is 22.3 Å². The molecule has 3 aromatic heterocycles. The molecule has 0 atom stereocenters. The monoisotopic (exact) mass is 575 g/mol. The normalized spacial score (nSPS) is 12.1. The van der Waals surface area contributed by atoms with E-state index in [1.165, 1.54) is 91.3 Å². The summed E-state index contributed by atoms with van der Waals surface area (Å²) in [7, 11) is 0. The van der Waals surface area contributed by atoms with Gasteiger partial charge in [0.05, 0.1) is 16.6 Å². The van der Waals surface area contributed by atoms with Crippen LogP contribution in [0.5, 0.6) is 0 Å². The number of hydrogen-bond donors (Lipinski definition) is 0. The molecule has 3 heterocycles. The van der Waals surface area contributed by atoms with Gasteiger partial charge in [-0.05, 0) is 74.8 Å². The van der Waals surface area contributed by atoms with Gasteiger partial charge >= 0.3 is 0 Å². The van der Waals surface area contributed by atoms with Crippen LogP contribution in [0.3, 0.4) is 0 Å². The van der Waals surface area contributed by atoms with Gasteiger partial charge in [0.15, 0.2) is 0 Å². The average molecular weight is 576 g/mol. The molecular weight excluding hydrogens is 551 g/mol. The van der Waals surface area contributed by atoms with Crippen LogP contribution in [-0.2, 0) is 0 Å². The molecule has 2 heteroatoms. The fourth-order valence-electron chi connectivity index (χ4n) is 7.42. The molecule has 0 aliphatic rings. The molecule has 0 aliphatic carbocycles. The Bertz CT molecular complexity index is 2750. The molecule has 204 valence electrons. The number of rotatable bonds is 2. The lowest BCUT2D eigenvalue weighted by molar-refractivity contribution is 1.36. The average Bonchev–Trinajstić information content (AvgIpc) is 3.65. The lowest BCUT2D eigenvalue weighted by atomic mass is 9.96. The third-order valence-electron chi connectivity index (χ3n) is 9.34. The molecule has 0 fully saturated rings. The molecule has 0 bridgehead atoms. The van der Waals surface area contributed by atoms with Crippen LogP contribution in [0.4, 0.5) is 0 Å². The minimum absolute atomic E-state index is 1.22. The molecule has 10 aromatic rings. The number of nitrogens with zero attached hydrogens (tertiary/aromatic N) is 1. The van der Waals surface area contributed by atoms with Gasteiger partial charge in [-0.25, -0.2) is 0 Å². The quantitative estimate of drug-likeness (QED) is 0.193. The van der Waals surface area contributed by atoms with E-state index >= 15 is 0 Å². The van der Waals surface area contributed by atoms with Crippen LogP contribution in [0, 0.1) is 0 Å². The van der Waals surface area contributed by atoms with Crippen molar-refractivity contribution in [3.05, 3.63) is 152 Å². The van der Waals surface area contributed by atoms with Crippen LogP contribution in [-0.4, -0.2) is 4.40 Å². The highest BCUT2D eigenvalue weighted by Gasteiger charge is 2.19. The Kier molecular flexibility index (Phi) is 4.94. The Morgan fingerprint density at radius 1 is 0.341 bits per heavy atom. The number of benzene rings is 7. The Morgan fingerprint density at radius 2 is 0.864 bits per heavy atom. The maximum absolute atomic E-state index is 2.54. The first-order valence-electron chi connectivity index (χ1n) is 15.1. The molecule has 0 saturated heterocycles. The van der Waals surface area contributed by atoms with Crippen LogP contribution in [0.15, 0.2) is 152 Å². The van der Waals surface area contributed by atoms with Crippen LogP contribution in [0.1, 0.15) is 0 Å². The third kappa shape index (κ3) is 3.29. The first-order chi connectivity index (χ1) is 21.8. The smallest absolute Gasteiger partial charge is 0.0620 e. The second-order valence-corrected chi connectivity index (χ2v) is 12.8. The van der Waals surface area contributed by atoms with Gasteiger partial charge in [-0.2, -0.15) is 0 Å². The molecule has 0 radical (unpaired) electrons. The van der Waals surface area contributed by atoms with Crippen molar-refractivity contribution in [2.45, 2.75) is 0 Å². The van der Waals surface area contributed by atoms with Crippen LogP contribution in [0.25, 0.3) is 91.3 Å². The lowest BCUT2D eigenvalue weighted by Gasteiger charge is -2.09. The number of fused-ring (bicyclic) bond motifs is 7. The van der Waals surface area contributed by atoms with Crippen molar-refractivity contribution in [2.75, 3.05) is 0 Å². The molecule has 7 aromatic carbocycles. The Morgan fingerprint density at radius 3 is 1.64 bits per heavy atom. The number of hydrogen-bond acceptors (Lipinski definition) is 1. The zero-order valence-corrected chi connectivity index (χ0v) is 24.6. The Balaban J connectivity index is 1.44. The maximum Gasteiger partial charge on any atom is 0.0620 e. The number of aromatic nitrogens is 1.